The van der Waals surface area contributed by atoms with Gasteiger partial charge in [0.15, 0.2) is 12.5 Å². The minimum atomic E-state index is 0.127. The molecule has 0 aliphatic carbocycles. The van der Waals surface area contributed by atoms with Gasteiger partial charge in [-0.2, -0.15) is 0 Å². The molecule has 0 aliphatic rings. The van der Waals surface area contributed by atoms with Crippen molar-refractivity contribution in [3.05, 3.63) is 10.7 Å². The summed E-state index contributed by atoms with van der Waals surface area (Å²) in [6.45, 7) is 0.127. The molecule has 6 heteroatoms. The molecule has 1 aromatic rings. The highest BCUT2D eigenvalue weighted by Gasteiger charge is 2.16. The highest BCUT2D eigenvalue weighted by molar-refractivity contribution is 9.10. The van der Waals surface area contributed by atoms with E-state index in [1.807, 2.05) is 0 Å². The van der Waals surface area contributed by atoms with Crippen molar-refractivity contribution in [3.8, 4) is 17.4 Å². The maximum absolute atomic E-state index is 5.34. The topological polar surface area (TPSA) is 49.8 Å². The lowest BCUT2D eigenvalue weighted by Crippen LogP contribution is -2.03. The Balaban J connectivity index is 3.07. The molecule has 0 radical (unpaired) electrons. The van der Waals surface area contributed by atoms with Crippen LogP contribution in [0.2, 0.25) is 0 Å². The van der Waals surface area contributed by atoms with Crippen molar-refractivity contribution in [1.29, 1.82) is 0 Å². The molecule has 0 bridgehead atoms. The fraction of sp³-hybridized carbons (Fsp3) is 0.444. The Morgan fingerprint density at radius 1 is 1.20 bits per heavy atom. The molecule has 84 valence electrons. The van der Waals surface area contributed by atoms with E-state index in [-0.39, 0.29) is 6.79 Å². The second-order valence-electron chi connectivity index (χ2n) is 2.53. The molecule has 0 aromatic carbocycles. The average Bonchev–Trinajstić information content (AvgIpc) is 2.27. The number of halogens is 1. The molecule has 0 N–H and O–H groups in total. The number of methoxy groups -OCH3 is 3. The second-order valence-corrected chi connectivity index (χ2v) is 3.38. The summed E-state index contributed by atoms with van der Waals surface area (Å²) in [5, 5.41) is 0. The second kappa shape index (κ2) is 5.77. The summed E-state index contributed by atoms with van der Waals surface area (Å²) in [5.74, 6) is 1.31. The van der Waals surface area contributed by atoms with Crippen LogP contribution in [-0.2, 0) is 4.74 Å². The molecule has 0 spiro atoms. The minimum Gasteiger partial charge on any atom is -0.489 e. The van der Waals surface area contributed by atoms with Crippen molar-refractivity contribution >= 4 is 15.9 Å². The highest BCUT2D eigenvalue weighted by atomic mass is 79.9. The van der Waals surface area contributed by atoms with Crippen LogP contribution in [0.4, 0.5) is 0 Å². The standard InChI is InChI=1S/C9H12BrNO4/c1-12-5-15-7-6(10)4-11-9(14-3)8(7)13-2/h4H,5H2,1-3H3. The first-order valence-electron chi connectivity index (χ1n) is 4.12. The van der Waals surface area contributed by atoms with Gasteiger partial charge in [0.05, 0.1) is 18.7 Å². The van der Waals surface area contributed by atoms with E-state index in [0.29, 0.717) is 21.9 Å². The van der Waals surface area contributed by atoms with E-state index < -0.39 is 0 Å². The van der Waals surface area contributed by atoms with E-state index in [2.05, 4.69) is 20.9 Å². The Morgan fingerprint density at radius 2 is 1.93 bits per heavy atom. The Bertz CT molecular complexity index is 332. The van der Waals surface area contributed by atoms with Crippen molar-refractivity contribution in [3.63, 3.8) is 0 Å². The van der Waals surface area contributed by atoms with Crippen molar-refractivity contribution < 1.29 is 18.9 Å². The predicted octanol–water partition coefficient (Wildman–Crippen LogP) is 1.84. The zero-order valence-corrected chi connectivity index (χ0v) is 10.3. The van der Waals surface area contributed by atoms with Gasteiger partial charge in [-0.1, -0.05) is 0 Å². The lowest BCUT2D eigenvalue weighted by atomic mass is 10.4. The Kier molecular flexibility index (Phi) is 4.64. The molecule has 0 aliphatic heterocycles. The van der Waals surface area contributed by atoms with Crippen LogP contribution in [0.25, 0.3) is 0 Å². The van der Waals surface area contributed by atoms with E-state index in [1.165, 1.54) is 14.2 Å². The first-order chi connectivity index (χ1) is 7.24. The zero-order chi connectivity index (χ0) is 11.3. The number of hydrogen-bond donors (Lipinski definition) is 0. The quantitative estimate of drug-likeness (QED) is 0.769. The van der Waals surface area contributed by atoms with Gasteiger partial charge in [-0.3, -0.25) is 0 Å². The molecule has 0 fully saturated rings. The first-order valence-corrected chi connectivity index (χ1v) is 4.92. The van der Waals surface area contributed by atoms with Gasteiger partial charge in [0.1, 0.15) is 0 Å². The summed E-state index contributed by atoms with van der Waals surface area (Å²) in [4.78, 5) is 4.02. The van der Waals surface area contributed by atoms with Crippen LogP contribution in [0, 0.1) is 0 Å². The number of nitrogens with zero attached hydrogens (tertiary/aromatic N) is 1. The van der Waals surface area contributed by atoms with Gasteiger partial charge in [-0.05, 0) is 15.9 Å². The lowest BCUT2D eigenvalue weighted by molar-refractivity contribution is 0.0481. The number of aromatic nitrogens is 1. The normalized spacial score (nSPS) is 9.87. The first kappa shape index (κ1) is 12.1. The van der Waals surface area contributed by atoms with Crippen molar-refractivity contribution in [1.82, 2.24) is 4.98 Å². The fourth-order valence-electron chi connectivity index (χ4n) is 1.02. The molecule has 0 atom stereocenters. The van der Waals surface area contributed by atoms with Crippen LogP contribution < -0.4 is 14.2 Å². The average molecular weight is 278 g/mol. The third-order valence-corrected chi connectivity index (χ3v) is 2.20. The van der Waals surface area contributed by atoms with Crippen LogP contribution in [-0.4, -0.2) is 33.1 Å². The minimum absolute atomic E-state index is 0.127. The van der Waals surface area contributed by atoms with Gasteiger partial charge in [0, 0.05) is 13.3 Å². The third-order valence-electron chi connectivity index (χ3n) is 1.63. The van der Waals surface area contributed by atoms with Gasteiger partial charge >= 0.3 is 0 Å². The Labute approximate surface area is 96.4 Å². The van der Waals surface area contributed by atoms with Crippen LogP contribution in [0.1, 0.15) is 0 Å². The maximum atomic E-state index is 5.34. The number of ether oxygens (including phenoxy) is 4. The van der Waals surface area contributed by atoms with Gasteiger partial charge in [-0.15, -0.1) is 0 Å². The fourth-order valence-corrected chi connectivity index (χ4v) is 1.41. The monoisotopic (exact) mass is 277 g/mol. The van der Waals surface area contributed by atoms with Gasteiger partial charge in [-0.25, -0.2) is 4.98 Å². The predicted molar refractivity (Wildman–Crippen MR) is 57.5 cm³/mol. The van der Waals surface area contributed by atoms with E-state index in [4.69, 9.17) is 18.9 Å². The summed E-state index contributed by atoms with van der Waals surface area (Å²) in [6.07, 6.45) is 1.58. The van der Waals surface area contributed by atoms with Gasteiger partial charge in [0.2, 0.25) is 5.75 Å². The van der Waals surface area contributed by atoms with Gasteiger partial charge < -0.3 is 18.9 Å². The number of rotatable bonds is 5. The molecular weight excluding hydrogens is 266 g/mol. The van der Waals surface area contributed by atoms with Crippen LogP contribution in [0.15, 0.2) is 10.7 Å². The van der Waals surface area contributed by atoms with Crippen LogP contribution in [0.3, 0.4) is 0 Å². The smallest absolute Gasteiger partial charge is 0.260 e. The van der Waals surface area contributed by atoms with Crippen molar-refractivity contribution in [2.75, 3.05) is 28.1 Å². The summed E-state index contributed by atoms with van der Waals surface area (Å²) in [7, 11) is 4.57. The molecule has 1 heterocycles. The molecule has 0 amide bonds. The molecule has 15 heavy (non-hydrogen) atoms. The SMILES string of the molecule is COCOc1c(Br)cnc(OC)c1OC. The maximum Gasteiger partial charge on any atom is 0.260 e. The number of pyridine rings is 1. The van der Waals surface area contributed by atoms with Gasteiger partial charge in [0.25, 0.3) is 5.88 Å². The Hall–Kier alpha value is -1.01. The largest absolute Gasteiger partial charge is 0.489 e. The summed E-state index contributed by atoms with van der Waals surface area (Å²) >= 11 is 3.30. The molecule has 0 saturated carbocycles. The molecule has 0 saturated heterocycles. The van der Waals surface area contributed by atoms with Crippen molar-refractivity contribution in [2.24, 2.45) is 0 Å². The summed E-state index contributed by atoms with van der Waals surface area (Å²) in [6, 6.07) is 0. The molecular formula is C9H12BrNO4. The Morgan fingerprint density at radius 3 is 2.47 bits per heavy atom. The van der Waals surface area contributed by atoms with E-state index in [9.17, 15) is 0 Å². The molecule has 0 unspecified atom stereocenters. The van der Waals surface area contributed by atoms with Crippen LogP contribution in [0.5, 0.6) is 17.4 Å². The molecule has 5 nitrogen and oxygen atoms in total. The van der Waals surface area contributed by atoms with Crippen molar-refractivity contribution in [2.45, 2.75) is 0 Å². The summed E-state index contributed by atoms with van der Waals surface area (Å²) in [5.41, 5.74) is 0. The molecule has 1 rings (SSSR count). The number of hydrogen-bond acceptors (Lipinski definition) is 5. The zero-order valence-electron chi connectivity index (χ0n) is 8.74. The summed E-state index contributed by atoms with van der Waals surface area (Å²) < 4.78 is 21.0. The lowest BCUT2D eigenvalue weighted by Gasteiger charge is -2.13. The van der Waals surface area contributed by atoms with E-state index >= 15 is 0 Å². The molecule has 1 aromatic heterocycles. The van der Waals surface area contributed by atoms with Crippen LogP contribution >= 0.6 is 15.9 Å². The van der Waals surface area contributed by atoms with E-state index in [1.54, 1.807) is 13.3 Å². The third kappa shape index (κ3) is 2.73. The highest BCUT2D eigenvalue weighted by Crippen LogP contribution is 2.40. The van der Waals surface area contributed by atoms with E-state index in [0.717, 1.165) is 0 Å².